The van der Waals surface area contributed by atoms with Crippen molar-refractivity contribution in [2.24, 2.45) is 0 Å². The summed E-state index contributed by atoms with van der Waals surface area (Å²) >= 11 is 6.10. The largest absolute Gasteiger partial charge is 0.377 e. The summed E-state index contributed by atoms with van der Waals surface area (Å²) < 4.78 is 10.2. The predicted molar refractivity (Wildman–Crippen MR) is 75.1 cm³/mol. The van der Waals surface area contributed by atoms with Gasteiger partial charge in [0.1, 0.15) is 6.04 Å². The Bertz CT molecular complexity index is 645. The molecule has 0 radical (unpaired) electrons. The summed E-state index contributed by atoms with van der Waals surface area (Å²) in [6.45, 7) is 3.21. The highest BCUT2D eigenvalue weighted by molar-refractivity contribution is 6.31. The molecule has 1 aromatic carbocycles. The van der Waals surface area contributed by atoms with E-state index in [1.54, 1.807) is 17.0 Å². The first-order valence-electron chi connectivity index (χ1n) is 6.58. The summed E-state index contributed by atoms with van der Waals surface area (Å²) in [5.74, 6) is 0.330. The first-order chi connectivity index (χ1) is 10.2. The van der Waals surface area contributed by atoms with E-state index in [0.29, 0.717) is 36.2 Å². The van der Waals surface area contributed by atoms with Crippen molar-refractivity contribution in [2.75, 3.05) is 19.8 Å². The van der Waals surface area contributed by atoms with Gasteiger partial charge in [-0.1, -0.05) is 22.8 Å². The Morgan fingerprint density at radius 2 is 2.33 bits per heavy atom. The number of hydrogen-bond donors (Lipinski definition) is 0. The van der Waals surface area contributed by atoms with Gasteiger partial charge < -0.3 is 14.2 Å². The van der Waals surface area contributed by atoms with Crippen molar-refractivity contribution in [2.45, 2.75) is 13.0 Å². The van der Waals surface area contributed by atoms with Crippen LogP contribution in [0.15, 0.2) is 29.1 Å². The second kappa shape index (κ2) is 5.83. The Morgan fingerprint density at radius 1 is 1.48 bits per heavy atom. The maximum atomic E-state index is 12.7. The number of ether oxygens (including phenoxy) is 1. The number of rotatable bonds is 2. The number of carbonyl (C=O) groups is 1. The molecular formula is C14H14ClN3O3. The Balaban J connectivity index is 1.89. The molecule has 7 heteroatoms. The fourth-order valence-corrected chi connectivity index (χ4v) is 2.46. The van der Waals surface area contributed by atoms with Crippen molar-refractivity contribution in [1.82, 2.24) is 15.0 Å². The number of benzene rings is 1. The summed E-state index contributed by atoms with van der Waals surface area (Å²) in [5.41, 5.74) is 1.48. The van der Waals surface area contributed by atoms with Crippen molar-refractivity contribution < 1.29 is 14.1 Å². The zero-order chi connectivity index (χ0) is 14.8. The van der Waals surface area contributed by atoms with E-state index in [4.69, 9.17) is 20.9 Å². The molecule has 1 fully saturated rings. The third-order valence-corrected chi connectivity index (χ3v) is 3.89. The molecule has 2 heterocycles. The predicted octanol–water partition coefficient (Wildman–Crippen LogP) is 2.25. The molecular weight excluding hydrogens is 294 g/mol. The van der Waals surface area contributed by atoms with E-state index in [2.05, 4.69) is 10.1 Å². The van der Waals surface area contributed by atoms with E-state index >= 15 is 0 Å². The number of nitrogens with zero attached hydrogens (tertiary/aromatic N) is 3. The second-order valence-electron chi connectivity index (χ2n) is 4.84. The number of aromatic nitrogens is 2. The van der Waals surface area contributed by atoms with Gasteiger partial charge in [0.2, 0.25) is 6.39 Å². The number of aryl methyl sites for hydroxylation is 1. The Morgan fingerprint density at radius 3 is 3.05 bits per heavy atom. The van der Waals surface area contributed by atoms with Crippen molar-refractivity contribution in [3.63, 3.8) is 0 Å². The molecule has 0 spiro atoms. The minimum absolute atomic E-state index is 0.116. The molecule has 110 valence electrons. The topological polar surface area (TPSA) is 68.5 Å². The average Bonchev–Trinajstić information content (AvgIpc) is 3.03. The molecule has 1 aliphatic heterocycles. The van der Waals surface area contributed by atoms with Gasteiger partial charge in [-0.25, -0.2) is 0 Å². The van der Waals surface area contributed by atoms with Crippen LogP contribution in [0, 0.1) is 6.92 Å². The van der Waals surface area contributed by atoms with Crippen LogP contribution in [-0.2, 0) is 4.74 Å². The van der Waals surface area contributed by atoms with Gasteiger partial charge in [0, 0.05) is 17.1 Å². The van der Waals surface area contributed by atoms with Crippen LogP contribution in [0.2, 0.25) is 5.02 Å². The van der Waals surface area contributed by atoms with Crippen LogP contribution in [0.4, 0.5) is 0 Å². The number of halogens is 1. The van der Waals surface area contributed by atoms with Gasteiger partial charge in [-0.15, -0.1) is 0 Å². The standard InChI is InChI=1S/C14H14ClN3O3/c1-9-2-3-10(6-11(9)15)14(19)18-4-5-20-7-12(18)13-16-8-21-17-13/h2-3,6,8,12H,4-5,7H2,1H3. The van der Waals surface area contributed by atoms with Crippen molar-refractivity contribution in [1.29, 1.82) is 0 Å². The zero-order valence-electron chi connectivity index (χ0n) is 11.5. The van der Waals surface area contributed by atoms with E-state index in [-0.39, 0.29) is 11.9 Å². The van der Waals surface area contributed by atoms with Crippen LogP contribution in [0.3, 0.4) is 0 Å². The smallest absolute Gasteiger partial charge is 0.254 e. The summed E-state index contributed by atoms with van der Waals surface area (Å²) in [6.07, 6.45) is 1.25. The van der Waals surface area contributed by atoms with Crippen LogP contribution < -0.4 is 0 Å². The number of carbonyl (C=O) groups excluding carboxylic acids is 1. The molecule has 2 aromatic rings. The van der Waals surface area contributed by atoms with E-state index in [0.717, 1.165) is 5.56 Å². The lowest BCUT2D eigenvalue weighted by molar-refractivity contribution is -0.00576. The molecule has 0 aliphatic carbocycles. The average molecular weight is 308 g/mol. The van der Waals surface area contributed by atoms with Crippen LogP contribution in [0.1, 0.15) is 27.8 Å². The molecule has 1 atom stereocenters. The first kappa shape index (κ1) is 14.0. The molecule has 1 amide bonds. The van der Waals surface area contributed by atoms with Crippen molar-refractivity contribution in [3.05, 3.63) is 46.6 Å². The summed E-state index contributed by atoms with van der Waals surface area (Å²) in [7, 11) is 0. The molecule has 21 heavy (non-hydrogen) atoms. The lowest BCUT2D eigenvalue weighted by atomic mass is 10.1. The number of amides is 1. The highest BCUT2D eigenvalue weighted by atomic mass is 35.5. The van der Waals surface area contributed by atoms with Gasteiger partial charge in [-0.2, -0.15) is 4.98 Å². The molecule has 1 unspecified atom stereocenters. The molecule has 0 saturated carbocycles. The minimum Gasteiger partial charge on any atom is -0.377 e. The van der Waals surface area contributed by atoms with Gasteiger partial charge in [-0.05, 0) is 24.6 Å². The monoisotopic (exact) mass is 307 g/mol. The van der Waals surface area contributed by atoms with Crippen molar-refractivity contribution >= 4 is 17.5 Å². The summed E-state index contributed by atoms with van der Waals surface area (Å²) in [6, 6.07) is 4.94. The van der Waals surface area contributed by atoms with Gasteiger partial charge in [0.05, 0.1) is 13.2 Å². The Labute approximate surface area is 126 Å². The molecule has 1 aromatic heterocycles. The minimum atomic E-state index is -0.343. The maximum Gasteiger partial charge on any atom is 0.254 e. The first-order valence-corrected chi connectivity index (χ1v) is 6.96. The van der Waals surface area contributed by atoms with Crippen LogP contribution in [0.5, 0.6) is 0 Å². The second-order valence-corrected chi connectivity index (χ2v) is 5.25. The van der Waals surface area contributed by atoms with E-state index in [1.165, 1.54) is 6.39 Å². The molecule has 1 aliphatic rings. The van der Waals surface area contributed by atoms with Gasteiger partial charge in [-0.3, -0.25) is 4.79 Å². The van der Waals surface area contributed by atoms with Crippen LogP contribution in [0.25, 0.3) is 0 Å². The molecule has 0 N–H and O–H groups in total. The van der Waals surface area contributed by atoms with Gasteiger partial charge in [0.25, 0.3) is 5.91 Å². The zero-order valence-corrected chi connectivity index (χ0v) is 12.2. The third-order valence-electron chi connectivity index (χ3n) is 3.48. The fraction of sp³-hybridized carbons (Fsp3) is 0.357. The Hall–Kier alpha value is -1.92. The normalized spacial score (nSPS) is 18.8. The molecule has 0 bridgehead atoms. The highest BCUT2D eigenvalue weighted by Crippen LogP contribution is 2.25. The third kappa shape index (κ3) is 2.77. The maximum absolute atomic E-state index is 12.7. The number of hydrogen-bond acceptors (Lipinski definition) is 5. The summed E-state index contributed by atoms with van der Waals surface area (Å²) in [5, 5.41) is 4.39. The van der Waals surface area contributed by atoms with Crippen LogP contribution in [-0.4, -0.2) is 40.7 Å². The van der Waals surface area contributed by atoms with Crippen molar-refractivity contribution in [3.8, 4) is 0 Å². The Kier molecular flexibility index (Phi) is 3.90. The lowest BCUT2D eigenvalue weighted by Crippen LogP contribution is -2.43. The highest BCUT2D eigenvalue weighted by Gasteiger charge is 2.32. The van der Waals surface area contributed by atoms with E-state index in [1.807, 2.05) is 13.0 Å². The van der Waals surface area contributed by atoms with Gasteiger partial charge in [0.15, 0.2) is 5.82 Å². The quantitative estimate of drug-likeness (QED) is 0.851. The SMILES string of the molecule is Cc1ccc(C(=O)N2CCOCC2c2ncon2)cc1Cl. The summed E-state index contributed by atoms with van der Waals surface area (Å²) in [4.78, 5) is 18.4. The van der Waals surface area contributed by atoms with Gasteiger partial charge >= 0.3 is 0 Å². The fourth-order valence-electron chi connectivity index (χ4n) is 2.28. The van der Waals surface area contributed by atoms with E-state index < -0.39 is 0 Å². The number of morpholine rings is 1. The molecule has 6 nitrogen and oxygen atoms in total. The lowest BCUT2D eigenvalue weighted by Gasteiger charge is -2.33. The van der Waals surface area contributed by atoms with Crippen LogP contribution >= 0.6 is 11.6 Å². The van der Waals surface area contributed by atoms with E-state index in [9.17, 15) is 4.79 Å². The molecule has 3 rings (SSSR count). The molecule has 1 saturated heterocycles.